The largest absolute Gasteiger partial charge is 0.300 e. The van der Waals surface area contributed by atoms with Gasteiger partial charge in [-0.25, -0.2) is 17.7 Å². The van der Waals surface area contributed by atoms with Gasteiger partial charge in [-0.2, -0.15) is 0 Å². The summed E-state index contributed by atoms with van der Waals surface area (Å²) in [5.74, 6) is -1.72. The number of rotatable bonds is 5. The Morgan fingerprint density at radius 1 is 1.23 bits per heavy atom. The standard InChI is InChI=1S/C15H20BrF2NO2S/c1-9(20)8-15(5,19-22(21)14(2,3)4)10-6-11(16)13(18)7-12(10)17/h6-7,19H,8H2,1-5H3. The minimum Gasteiger partial charge on any atom is -0.300 e. The van der Waals surface area contributed by atoms with E-state index in [-0.39, 0.29) is 22.2 Å². The number of hydrogen-bond donors (Lipinski definition) is 1. The van der Waals surface area contributed by atoms with E-state index < -0.39 is 32.9 Å². The first kappa shape index (κ1) is 19.4. The number of halogens is 3. The second kappa shape index (κ2) is 6.84. The minimum atomic E-state index is -1.52. The van der Waals surface area contributed by atoms with Crippen molar-refractivity contribution in [3.05, 3.63) is 33.8 Å². The maximum Gasteiger partial charge on any atom is 0.140 e. The molecule has 0 heterocycles. The molecule has 0 fully saturated rings. The molecule has 0 aromatic heterocycles. The van der Waals surface area contributed by atoms with E-state index >= 15 is 0 Å². The molecule has 22 heavy (non-hydrogen) atoms. The predicted molar refractivity (Wildman–Crippen MR) is 87.7 cm³/mol. The summed E-state index contributed by atoms with van der Waals surface area (Å²) in [6, 6.07) is 2.03. The molecular formula is C15H20BrF2NO2S. The molecule has 0 radical (unpaired) electrons. The van der Waals surface area contributed by atoms with Gasteiger partial charge in [-0.05, 0) is 56.6 Å². The van der Waals surface area contributed by atoms with Crippen LogP contribution in [0.3, 0.4) is 0 Å². The van der Waals surface area contributed by atoms with E-state index in [1.54, 1.807) is 27.7 Å². The Balaban J connectivity index is 3.37. The topological polar surface area (TPSA) is 46.2 Å². The average Bonchev–Trinajstić information content (AvgIpc) is 2.31. The van der Waals surface area contributed by atoms with E-state index in [1.807, 2.05) is 0 Å². The van der Waals surface area contributed by atoms with Crippen molar-refractivity contribution in [3.8, 4) is 0 Å². The molecule has 1 N–H and O–H groups in total. The molecule has 1 aromatic rings. The third-order valence-electron chi connectivity index (χ3n) is 3.08. The number of benzene rings is 1. The summed E-state index contributed by atoms with van der Waals surface area (Å²) in [5, 5.41) is 0. The first-order valence-corrected chi connectivity index (χ1v) is 8.65. The predicted octanol–water partition coefficient (Wildman–Crippen LogP) is 3.97. The maximum atomic E-state index is 14.2. The van der Waals surface area contributed by atoms with Crippen molar-refractivity contribution in [2.24, 2.45) is 0 Å². The van der Waals surface area contributed by atoms with Gasteiger partial charge in [0, 0.05) is 18.1 Å². The molecule has 0 saturated carbocycles. The van der Waals surface area contributed by atoms with Crippen LogP contribution in [-0.2, 0) is 21.3 Å². The van der Waals surface area contributed by atoms with E-state index in [0.29, 0.717) is 0 Å². The van der Waals surface area contributed by atoms with Crippen LogP contribution in [0, 0.1) is 11.6 Å². The highest BCUT2D eigenvalue weighted by atomic mass is 79.9. The summed E-state index contributed by atoms with van der Waals surface area (Å²) in [4.78, 5) is 11.6. The van der Waals surface area contributed by atoms with Crippen LogP contribution in [0.5, 0.6) is 0 Å². The zero-order chi connectivity index (χ0) is 17.3. The van der Waals surface area contributed by atoms with Crippen LogP contribution >= 0.6 is 15.9 Å². The molecule has 1 rings (SSSR count). The molecule has 2 atom stereocenters. The monoisotopic (exact) mass is 395 g/mol. The Labute approximate surface area is 140 Å². The number of carbonyl (C=O) groups excluding carboxylic acids is 1. The van der Waals surface area contributed by atoms with Crippen molar-refractivity contribution in [2.45, 2.75) is 51.3 Å². The van der Waals surface area contributed by atoms with Crippen molar-refractivity contribution in [2.75, 3.05) is 0 Å². The van der Waals surface area contributed by atoms with Gasteiger partial charge in [-0.15, -0.1) is 0 Å². The third kappa shape index (κ3) is 4.67. The fourth-order valence-electron chi connectivity index (χ4n) is 1.99. The van der Waals surface area contributed by atoms with Crippen molar-refractivity contribution < 1.29 is 17.8 Å². The second-order valence-corrected chi connectivity index (χ2v) is 9.26. The van der Waals surface area contributed by atoms with Crippen LogP contribution in [0.15, 0.2) is 16.6 Å². The van der Waals surface area contributed by atoms with Gasteiger partial charge >= 0.3 is 0 Å². The molecule has 0 aliphatic rings. The lowest BCUT2D eigenvalue weighted by Gasteiger charge is -2.33. The van der Waals surface area contributed by atoms with E-state index in [4.69, 9.17) is 0 Å². The molecule has 0 spiro atoms. The normalized spacial score (nSPS) is 16.2. The van der Waals surface area contributed by atoms with Gasteiger partial charge in [0.2, 0.25) is 0 Å². The highest BCUT2D eigenvalue weighted by Gasteiger charge is 2.36. The molecule has 124 valence electrons. The minimum absolute atomic E-state index is 0.0657. The molecular weight excluding hydrogens is 376 g/mol. The van der Waals surface area contributed by atoms with Crippen LogP contribution in [0.25, 0.3) is 0 Å². The van der Waals surface area contributed by atoms with E-state index in [9.17, 15) is 17.8 Å². The first-order chi connectivity index (χ1) is 9.86. The molecule has 0 saturated heterocycles. The summed E-state index contributed by atoms with van der Waals surface area (Å²) >= 11 is 3.01. The van der Waals surface area contributed by atoms with Crippen molar-refractivity contribution in [1.29, 1.82) is 0 Å². The Kier molecular flexibility index (Phi) is 6.03. The fraction of sp³-hybridized carbons (Fsp3) is 0.533. The molecule has 3 nitrogen and oxygen atoms in total. The van der Waals surface area contributed by atoms with Crippen molar-refractivity contribution in [1.82, 2.24) is 4.72 Å². The van der Waals surface area contributed by atoms with Gasteiger partial charge in [0.1, 0.15) is 17.4 Å². The van der Waals surface area contributed by atoms with Gasteiger partial charge in [-0.3, -0.25) is 4.79 Å². The third-order valence-corrected chi connectivity index (χ3v) is 5.44. The van der Waals surface area contributed by atoms with E-state index in [0.717, 1.165) is 6.07 Å². The molecule has 0 aliphatic heterocycles. The lowest BCUT2D eigenvalue weighted by Crippen LogP contribution is -2.47. The lowest BCUT2D eigenvalue weighted by atomic mass is 9.88. The number of carbonyl (C=O) groups is 1. The zero-order valence-corrected chi connectivity index (χ0v) is 15.6. The Morgan fingerprint density at radius 2 is 1.77 bits per heavy atom. The van der Waals surface area contributed by atoms with Crippen LogP contribution in [0.2, 0.25) is 0 Å². The summed E-state index contributed by atoms with van der Waals surface area (Å²) in [6.45, 7) is 8.25. The molecule has 0 aliphatic carbocycles. The lowest BCUT2D eigenvalue weighted by molar-refractivity contribution is -0.118. The molecule has 2 unspecified atom stereocenters. The molecule has 7 heteroatoms. The average molecular weight is 396 g/mol. The zero-order valence-electron chi connectivity index (χ0n) is 13.2. The first-order valence-electron chi connectivity index (χ1n) is 6.71. The van der Waals surface area contributed by atoms with E-state index in [2.05, 4.69) is 20.7 Å². The SMILES string of the molecule is CC(=O)CC(C)(NS(=O)C(C)(C)C)c1cc(Br)c(F)cc1F. The van der Waals surface area contributed by atoms with Gasteiger partial charge in [-0.1, -0.05) is 0 Å². The summed E-state index contributed by atoms with van der Waals surface area (Å²) in [6.07, 6.45) is -0.0657. The van der Waals surface area contributed by atoms with Crippen molar-refractivity contribution >= 4 is 32.7 Å². The number of Topliss-reactive ketones (excluding diaryl/α,β-unsaturated/α-hetero) is 1. The Morgan fingerprint density at radius 3 is 2.23 bits per heavy atom. The number of nitrogens with one attached hydrogen (secondary N) is 1. The smallest absolute Gasteiger partial charge is 0.140 e. The number of hydrogen-bond acceptors (Lipinski definition) is 2. The highest BCUT2D eigenvalue weighted by molar-refractivity contribution is 9.10. The van der Waals surface area contributed by atoms with Gasteiger partial charge in [0.25, 0.3) is 0 Å². The van der Waals surface area contributed by atoms with Crippen LogP contribution in [0.4, 0.5) is 8.78 Å². The van der Waals surface area contributed by atoms with Crippen LogP contribution < -0.4 is 4.72 Å². The van der Waals surface area contributed by atoms with Crippen LogP contribution in [0.1, 0.15) is 46.6 Å². The van der Waals surface area contributed by atoms with Gasteiger partial charge < -0.3 is 0 Å². The van der Waals surface area contributed by atoms with Crippen molar-refractivity contribution in [3.63, 3.8) is 0 Å². The van der Waals surface area contributed by atoms with E-state index in [1.165, 1.54) is 13.0 Å². The highest BCUT2D eigenvalue weighted by Crippen LogP contribution is 2.32. The fourth-order valence-corrected chi connectivity index (χ4v) is 3.23. The van der Waals surface area contributed by atoms with Crippen LogP contribution in [-0.4, -0.2) is 14.7 Å². The summed E-state index contributed by atoms with van der Waals surface area (Å²) < 4.78 is 42.3. The molecule has 0 amide bonds. The summed E-state index contributed by atoms with van der Waals surface area (Å²) in [7, 11) is -1.52. The Bertz CT molecular complexity index is 616. The Hall–Kier alpha value is -0.660. The number of ketones is 1. The van der Waals surface area contributed by atoms with Gasteiger partial charge in [0.05, 0.1) is 25.7 Å². The summed E-state index contributed by atoms with van der Waals surface area (Å²) in [5.41, 5.74) is -1.11. The quantitative estimate of drug-likeness (QED) is 0.766. The second-order valence-electron chi connectivity index (χ2n) is 6.44. The van der Waals surface area contributed by atoms with Gasteiger partial charge in [0.15, 0.2) is 0 Å². The maximum absolute atomic E-state index is 14.2. The molecule has 0 bridgehead atoms. The molecule has 1 aromatic carbocycles.